The Labute approximate surface area is 91.7 Å². The van der Waals surface area contributed by atoms with Crippen molar-refractivity contribution in [2.24, 2.45) is 0 Å². The summed E-state index contributed by atoms with van der Waals surface area (Å²) < 4.78 is 0. The van der Waals surface area contributed by atoms with Crippen molar-refractivity contribution < 1.29 is 4.79 Å². The monoisotopic (exact) mass is 205 g/mol. The van der Waals surface area contributed by atoms with Crippen molar-refractivity contribution in [2.75, 3.05) is 5.32 Å². The first-order chi connectivity index (χ1) is 7.25. The number of fused-ring (bicyclic) bond motifs is 1. The van der Waals surface area contributed by atoms with Gasteiger partial charge in [-0.1, -0.05) is 19.9 Å². The SMILES string of the molecule is CC.CC(=O)Nc1ccc2c(c1)CCC2. The third-order valence-electron chi connectivity index (χ3n) is 2.42. The molecule has 15 heavy (non-hydrogen) atoms. The van der Waals surface area contributed by atoms with Crippen LogP contribution in [0.1, 0.15) is 38.3 Å². The standard InChI is InChI=1S/C11H13NO.C2H6/c1-8(13)12-11-6-5-9-3-2-4-10(9)7-11;1-2/h5-7H,2-4H2,1H3,(H,12,13);1-2H3. The van der Waals surface area contributed by atoms with Crippen LogP contribution in [0.15, 0.2) is 18.2 Å². The fourth-order valence-electron chi connectivity index (χ4n) is 1.85. The molecule has 0 spiro atoms. The largest absolute Gasteiger partial charge is 0.326 e. The Hall–Kier alpha value is -1.31. The zero-order valence-electron chi connectivity index (χ0n) is 9.76. The maximum Gasteiger partial charge on any atom is 0.221 e. The molecule has 82 valence electrons. The van der Waals surface area contributed by atoms with Crippen LogP contribution in [-0.4, -0.2) is 5.91 Å². The lowest BCUT2D eigenvalue weighted by Gasteiger charge is -2.04. The number of hydrogen-bond acceptors (Lipinski definition) is 1. The van der Waals surface area contributed by atoms with Crippen LogP contribution in [0.25, 0.3) is 0 Å². The minimum Gasteiger partial charge on any atom is -0.326 e. The van der Waals surface area contributed by atoms with Crippen molar-refractivity contribution in [1.29, 1.82) is 0 Å². The number of hydrogen-bond donors (Lipinski definition) is 1. The first-order valence-electron chi connectivity index (χ1n) is 5.65. The molecule has 0 saturated carbocycles. The molecule has 2 heteroatoms. The highest BCUT2D eigenvalue weighted by molar-refractivity contribution is 5.88. The van der Waals surface area contributed by atoms with Crippen molar-refractivity contribution in [3.63, 3.8) is 0 Å². The molecule has 0 fully saturated rings. The molecular formula is C13H19NO. The van der Waals surface area contributed by atoms with Crippen LogP contribution in [0.3, 0.4) is 0 Å². The van der Waals surface area contributed by atoms with Crippen LogP contribution >= 0.6 is 0 Å². The molecule has 1 aliphatic rings. The van der Waals surface area contributed by atoms with Gasteiger partial charge in [-0.25, -0.2) is 0 Å². The number of amides is 1. The second kappa shape index (κ2) is 5.54. The summed E-state index contributed by atoms with van der Waals surface area (Å²) in [7, 11) is 0. The van der Waals surface area contributed by atoms with Gasteiger partial charge in [0.25, 0.3) is 0 Å². The van der Waals surface area contributed by atoms with E-state index in [2.05, 4.69) is 17.4 Å². The van der Waals surface area contributed by atoms with Crippen molar-refractivity contribution in [2.45, 2.75) is 40.0 Å². The maximum absolute atomic E-state index is 10.8. The average molecular weight is 205 g/mol. The predicted octanol–water partition coefficient (Wildman–Crippen LogP) is 3.16. The van der Waals surface area contributed by atoms with Gasteiger partial charge in [0.1, 0.15) is 0 Å². The highest BCUT2D eigenvalue weighted by atomic mass is 16.1. The van der Waals surface area contributed by atoms with Gasteiger partial charge in [0.2, 0.25) is 5.91 Å². The highest BCUT2D eigenvalue weighted by Crippen LogP contribution is 2.24. The van der Waals surface area contributed by atoms with E-state index < -0.39 is 0 Å². The molecule has 2 rings (SSSR count). The van der Waals surface area contributed by atoms with Crippen LogP contribution < -0.4 is 5.32 Å². The summed E-state index contributed by atoms with van der Waals surface area (Å²) in [5, 5.41) is 2.80. The molecule has 2 nitrogen and oxygen atoms in total. The zero-order valence-corrected chi connectivity index (χ0v) is 9.76. The molecular weight excluding hydrogens is 186 g/mol. The van der Waals surface area contributed by atoms with E-state index in [4.69, 9.17) is 0 Å². The van der Waals surface area contributed by atoms with E-state index in [9.17, 15) is 4.79 Å². The summed E-state index contributed by atoms with van der Waals surface area (Å²) in [5.41, 5.74) is 3.76. The minimum absolute atomic E-state index is 0.00190. The van der Waals surface area contributed by atoms with E-state index in [0.717, 1.165) is 12.1 Å². The predicted molar refractivity (Wildman–Crippen MR) is 64.1 cm³/mol. The molecule has 0 heterocycles. The Balaban J connectivity index is 0.000000531. The van der Waals surface area contributed by atoms with Gasteiger partial charge in [-0.05, 0) is 42.5 Å². The van der Waals surface area contributed by atoms with Crippen LogP contribution in [0.2, 0.25) is 0 Å². The molecule has 1 aliphatic carbocycles. The van der Waals surface area contributed by atoms with Gasteiger partial charge in [-0.3, -0.25) is 4.79 Å². The number of benzene rings is 1. The lowest BCUT2D eigenvalue weighted by molar-refractivity contribution is -0.114. The summed E-state index contributed by atoms with van der Waals surface area (Å²) in [6.45, 7) is 5.53. The molecule has 1 aromatic carbocycles. The smallest absolute Gasteiger partial charge is 0.221 e. The average Bonchev–Trinajstić information content (AvgIpc) is 2.67. The molecule has 0 aliphatic heterocycles. The molecule has 0 aromatic heterocycles. The molecule has 0 saturated heterocycles. The van der Waals surface area contributed by atoms with Gasteiger partial charge < -0.3 is 5.32 Å². The van der Waals surface area contributed by atoms with Gasteiger partial charge in [0, 0.05) is 12.6 Å². The normalized spacial score (nSPS) is 12.5. The Bertz CT molecular complexity index is 344. The first kappa shape index (κ1) is 11.8. The van der Waals surface area contributed by atoms with Gasteiger partial charge >= 0.3 is 0 Å². The van der Waals surface area contributed by atoms with Crippen molar-refractivity contribution >= 4 is 11.6 Å². The van der Waals surface area contributed by atoms with Crippen LogP contribution in [0.4, 0.5) is 5.69 Å². The van der Waals surface area contributed by atoms with E-state index in [-0.39, 0.29) is 5.91 Å². The molecule has 0 radical (unpaired) electrons. The van der Waals surface area contributed by atoms with Crippen LogP contribution in [0.5, 0.6) is 0 Å². The van der Waals surface area contributed by atoms with E-state index in [0.29, 0.717) is 0 Å². The topological polar surface area (TPSA) is 29.1 Å². The van der Waals surface area contributed by atoms with E-state index in [1.165, 1.54) is 30.9 Å². The number of carbonyl (C=O) groups excluding carboxylic acids is 1. The lowest BCUT2D eigenvalue weighted by Crippen LogP contribution is -2.05. The van der Waals surface area contributed by atoms with Gasteiger partial charge in [0.05, 0.1) is 0 Å². The third-order valence-corrected chi connectivity index (χ3v) is 2.42. The van der Waals surface area contributed by atoms with Gasteiger partial charge in [-0.15, -0.1) is 0 Å². The third kappa shape index (κ3) is 3.08. The first-order valence-corrected chi connectivity index (χ1v) is 5.65. The molecule has 1 aromatic rings. The summed E-state index contributed by atoms with van der Waals surface area (Å²) >= 11 is 0. The summed E-state index contributed by atoms with van der Waals surface area (Å²) in [5.74, 6) is -0.00190. The second-order valence-electron chi connectivity index (χ2n) is 3.52. The van der Waals surface area contributed by atoms with Crippen molar-refractivity contribution in [3.8, 4) is 0 Å². The number of aryl methyl sites for hydroxylation is 2. The van der Waals surface area contributed by atoms with E-state index in [1.54, 1.807) is 0 Å². The summed E-state index contributed by atoms with van der Waals surface area (Å²) in [6.07, 6.45) is 3.59. The highest BCUT2D eigenvalue weighted by Gasteiger charge is 2.10. The quantitative estimate of drug-likeness (QED) is 0.749. The van der Waals surface area contributed by atoms with Crippen LogP contribution in [-0.2, 0) is 17.6 Å². The van der Waals surface area contributed by atoms with Crippen molar-refractivity contribution in [1.82, 2.24) is 0 Å². The number of carbonyl (C=O) groups is 1. The van der Waals surface area contributed by atoms with Crippen LogP contribution in [0, 0.1) is 0 Å². The number of anilines is 1. The fraction of sp³-hybridized carbons (Fsp3) is 0.462. The minimum atomic E-state index is -0.00190. The molecule has 1 amide bonds. The molecule has 0 bridgehead atoms. The fourth-order valence-corrected chi connectivity index (χ4v) is 1.85. The van der Waals surface area contributed by atoms with Gasteiger partial charge in [-0.2, -0.15) is 0 Å². The molecule has 0 unspecified atom stereocenters. The van der Waals surface area contributed by atoms with E-state index >= 15 is 0 Å². The number of rotatable bonds is 1. The van der Waals surface area contributed by atoms with Crippen molar-refractivity contribution in [3.05, 3.63) is 29.3 Å². The Kier molecular flexibility index (Phi) is 4.35. The second-order valence-corrected chi connectivity index (χ2v) is 3.52. The van der Waals surface area contributed by atoms with Gasteiger partial charge in [0.15, 0.2) is 0 Å². The maximum atomic E-state index is 10.8. The van der Waals surface area contributed by atoms with E-state index in [1.807, 2.05) is 19.9 Å². The lowest BCUT2D eigenvalue weighted by atomic mass is 10.1. The zero-order chi connectivity index (χ0) is 11.3. The summed E-state index contributed by atoms with van der Waals surface area (Å²) in [6, 6.07) is 6.18. The molecule has 0 atom stereocenters. The Morgan fingerprint density at radius 2 is 1.87 bits per heavy atom. The summed E-state index contributed by atoms with van der Waals surface area (Å²) in [4.78, 5) is 10.8. The Morgan fingerprint density at radius 3 is 2.53 bits per heavy atom. The number of nitrogens with one attached hydrogen (secondary N) is 1. The Morgan fingerprint density at radius 1 is 1.20 bits per heavy atom. The molecule has 1 N–H and O–H groups in total.